The van der Waals surface area contributed by atoms with E-state index in [4.69, 9.17) is 0 Å². The highest BCUT2D eigenvalue weighted by Crippen LogP contribution is 2.44. The average Bonchev–Trinajstić information content (AvgIpc) is 3.28. The monoisotopic (exact) mass is 454 g/mol. The number of aryl methyl sites for hydroxylation is 2. The SMILES string of the molecule is Oc1cc2ccccc2cc1CCc1cc2ccccc2c2c1sc1ccc3ccccc3c12. The van der Waals surface area contributed by atoms with Crippen molar-refractivity contribution in [2.24, 2.45) is 0 Å². The Bertz CT molecular complexity index is 1880. The van der Waals surface area contributed by atoms with Crippen molar-refractivity contribution < 1.29 is 5.11 Å². The maximum absolute atomic E-state index is 10.7. The van der Waals surface area contributed by atoms with E-state index in [-0.39, 0.29) is 0 Å². The van der Waals surface area contributed by atoms with Crippen LogP contribution in [0.25, 0.3) is 52.5 Å². The molecule has 0 atom stereocenters. The van der Waals surface area contributed by atoms with Crippen LogP contribution in [0, 0.1) is 0 Å². The van der Waals surface area contributed by atoms with Crippen molar-refractivity contribution in [1.29, 1.82) is 0 Å². The lowest BCUT2D eigenvalue weighted by atomic mass is 9.94. The number of hydrogen-bond acceptors (Lipinski definition) is 2. The largest absolute Gasteiger partial charge is 0.508 e. The van der Waals surface area contributed by atoms with Crippen molar-refractivity contribution >= 4 is 63.8 Å². The predicted molar refractivity (Wildman–Crippen MR) is 147 cm³/mol. The first-order chi connectivity index (χ1) is 16.8. The van der Waals surface area contributed by atoms with E-state index in [1.807, 2.05) is 29.5 Å². The third-order valence-electron chi connectivity index (χ3n) is 7.04. The minimum atomic E-state index is 0.387. The summed E-state index contributed by atoms with van der Waals surface area (Å²) < 4.78 is 2.70. The molecule has 0 saturated heterocycles. The highest BCUT2D eigenvalue weighted by atomic mass is 32.1. The van der Waals surface area contributed by atoms with Gasteiger partial charge in [-0.2, -0.15) is 0 Å². The van der Waals surface area contributed by atoms with Gasteiger partial charge in [0.1, 0.15) is 5.75 Å². The number of fused-ring (bicyclic) bond motifs is 8. The van der Waals surface area contributed by atoms with Gasteiger partial charge in [-0.3, -0.25) is 0 Å². The van der Waals surface area contributed by atoms with Crippen molar-refractivity contribution in [1.82, 2.24) is 0 Å². The Hall–Kier alpha value is -3.88. The number of hydrogen-bond donors (Lipinski definition) is 1. The molecule has 0 aliphatic carbocycles. The Labute approximate surface area is 201 Å². The molecule has 0 fully saturated rings. The van der Waals surface area contributed by atoms with Gasteiger partial charge < -0.3 is 5.11 Å². The number of benzene rings is 6. The molecule has 1 heterocycles. The maximum atomic E-state index is 10.7. The van der Waals surface area contributed by atoms with Gasteiger partial charge in [0.2, 0.25) is 0 Å². The van der Waals surface area contributed by atoms with Crippen LogP contribution in [0.5, 0.6) is 5.75 Å². The summed E-state index contributed by atoms with van der Waals surface area (Å²) in [7, 11) is 0. The highest BCUT2D eigenvalue weighted by Gasteiger charge is 2.16. The Morgan fingerprint density at radius 1 is 0.529 bits per heavy atom. The molecule has 0 saturated carbocycles. The quantitative estimate of drug-likeness (QED) is 0.282. The van der Waals surface area contributed by atoms with Crippen LogP contribution in [0.3, 0.4) is 0 Å². The molecule has 0 radical (unpaired) electrons. The molecule has 0 unspecified atom stereocenters. The lowest BCUT2D eigenvalue weighted by Crippen LogP contribution is -1.93. The number of phenolic OH excluding ortho intramolecular Hbond substituents is 1. The molecule has 0 amide bonds. The molecule has 2 heteroatoms. The first-order valence-electron chi connectivity index (χ1n) is 11.7. The molecule has 162 valence electrons. The number of phenols is 1. The summed E-state index contributed by atoms with van der Waals surface area (Å²) in [5.41, 5.74) is 2.36. The van der Waals surface area contributed by atoms with Crippen molar-refractivity contribution in [2.45, 2.75) is 12.8 Å². The fraction of sp³-hybridized carbons (Fsp3) is 0.0625. The van der Waals surface area contributed by atoms with Gasteiger partial charge in [-0.05, 0) is 80.6 Å². The van der Waals surface area contributed by atoms with E-state index in [9.17, 15) is 5.11 Å². The average molecular weight is 455 g/mol. The van der Waals surface area contributed by atoms with E-state index in [0.717, 1.165) is 23.8 Å². The Kier molecular flexibility index (Phi) is 4.36. The Balaban J connectivity index is 1.44. The minimum absolute atomic E-state index is 0.387. The summed E-state index contributed by atoms with van der Waals surface area (Å²) in [5, 5.41) is 20.9. The molecule has 0 aliphatic rings. The van der Waals surface area contributed by atoms with Gasteiger partial charge in [0.05, 0.1) is 0 Å². The van der Waals surface area contributed by atoms with Gasteiger partial charge in [0, 0.05) is 20.2 Å². The summed E-state index contributed by atoms with van der Waals surface area (Å²) in [5.74, 6) is 0.387. The molecule has 1 nitrogen and oxygen atoms in total. The lowest BCUT2D eigenvalue weighted by molar-refractivity contribution is 0.469. The van der Waals surface area contributed by atoms with Crippen LogP contribution in [0.1, 0.15) is 11.1 Å². The number of rotatable bonds is 3. The third-order valence-corrected chi connectivity index (χ3v) is 8.27. The first-order valence-corrected chi connectivity index (χ1v) is 12.5. The van der Waals surface area contributed by atoms with Gasteiger partial charge in [-0.25, -0.2) is 0 Å². The van der Waals surface area contributed by atoms with Crippen LogP contribution in [0.4, 0.5) is 0 Å². The molecule has 1 aromatic heterocycles. The van der Waals surface area contributed by atoms with Crippen LogP contribution in [-0.4, -0.2) is 5.11 Å². The van der Waals surface area contributed by atoms with E-state index < -0.39 is 0 Å². The molecule has 7 rings (SSSR count). The fourth-order valence-electron chi connectivity index (χ4n) is 5.39. The zero-order valence-corrected chi connectivity index (χ0v) is 19.4. The molecule has 0 bridgehead atoms. The van der Waals surface area contributed by atoms with Gasteiger partial charge in [-0.1, -0.05) is 78.9 Å². The third kappa shape index (κ3) is 2.99. The lowest BCUT2D eigenvalue weighted by Gasteiger charge is -2.10. The summed E-state index contributed by atoms with van der Waals surface area (Å²) >= 11 is 1.90. The van der Waals surface area contributed by atoms with Gasteiger partial charge in [0.25, 0.3) is 0 Å². The van der Waals surface area contributed by atoms with E-state index in [1.54, 1.807) is 0 Å². The summed E-state index contributed by atoms with van der Waals surface area (Å²) in [6.07, 6.45) is 1.69. The van der Waals surface area contributed by atoms with Crippen molar-refractivity contribution in [3.8, 4) is 5.75 Å². The predicted octanol–water partition coefficient (Wildman–Crippen LogP) is 9.00. The smallest absolute Gasteiger partial charge is 0.119 e. The van der Waals surface area contributed by atoms with Gasteiger partial charge >= 0.3 is 0 Å². The van der Waals surface area contributed by atoms with Crippen molar-refractivity contribution in [2.75, 3.05) is 0 Å². The molecule has 6 aromatic carbocycles. The number of thiophene rings is 1. The second kappa shape index (κ2) is 7.58. The second-order valence-electron chi connectivity index (χ2n) is 9.05. The molecule has 0 spiro atoms. The van der Waals surface area contributed by atoms with Crippen molar-refractivity contribution in [3.05, 3.63) is 114 Å². The van der Waals surface area contributed by atoms with Crippen LogP contribution in [0.2, 0.25) is 0 Å². The molecular weight excluding hydrogens is 432 g/mol. The topological polar surface area (TPSA) is 20.2 Å². The van der Waals surface area contributed by atoms with Crippen molar-refractivity contribution in [3.63, 3.8) is 0 Å². The molecule has 1 N–H and O–H groups in total. The standard InChI is InChI=1S/C32H22OS/c33-28-19-22-9-2-1-8-21(22)17-24(28)13-14-25-18-23-10-4-6-12-27(23)31-30-26-11-5-3-7-20(26)15-16-29(30)34-32(25)31/h1-12,15-19,33H,13-14H2. The molecular formula is C32H22OS. The van der Waals surface area contributed by atoms with E-state index in [1.165, 1.54) is 52.7 Å². The Morgan fingerprint density at radius 2 is 1.12 bits per heavy atom. The van der Waals surface area contributed by atoms with E-state index >= 15 is 0 Å². The van der Waals surface area contributed by atoms with Crippen LogP contribution >= 0.6 is 11.3 Å². The minimum Gasteiger partial charge on any atom is -0.508 e. The number of aromatic hydroxyl groups is 1. The second-order valence-corrected chi connectivity index (χ2v) is 10.1. The molecule has 34 heavy (non-hydrogen) atoms. The van der Waals surface area contributed by atoms with E-state index in [0.29, 0.717) is 5.75 Å². The zero-order valence-electron chi connectivity index (χ0n) is 18.6. The first kappa shape index (κ1) is 19.6. The van der Waals surface area contributed by atoms with Gasteiger partial charge in [-0.15, -0.1) is 11.3 Å². The van der Waals surface area contributed by atoms with Crippen LogP contribution in [-0.2, 0) is 12.8 Å². The summed E-state index contributed by atoms with van der Waals surface area (Å²) in [6, 6.07) is 36.6. The fourth-order valence-corrected chi connectivity index (χ4v) is 6.66. The van der Waals surface area contributed by atoms with Crippen LogP contribution in [0.15, 0.2) is 103 Å². The van der Waals surface area contributed by atoms with Crippen LogP contribution < -0.4 is 0 Å². The molecule has 0 aliphatic heterocycles. The van der Waals surface area contributed by atoms with E-state index in [2.05, 4.69) is 84.9 Å². The Morgan fingerprint density at radius 3 is 1.91 bits per heavy atom. The molecule has 7 aromatic rings. The summed E-state index contributed by atoms with van der Waals surface area (Å²) in [6.45, 7) is 0. The highest BCUT2D eigenvalue weighted by molar-refractivity contribution is 7.26. The normalized spacial score (nSPS) is 11.9. The maximum Gasteiger partial charge on any atom is 0.119 e. The summed E-state index contributed by atoms with van der Waals surface area (Å²) in [4.78, 5) is 0. The van der Waals surface area contributed by atoms with Gasteiger partial charge in [0.15, 0.2) is 0 Å². The zero-order chi connectivity index (χ0) is 22.6.